The fraction of sp³-hybridized carbons (Fsp3) is 0.0612. The lowest BCUT2D eigenvalue weighted by Crippen LogP contribution is -2.02. The van der Waals surface area contributed by atoms with Gasteiger partial charge < -0.3 is 4.42 Å². The van der Waals surface area contributed by atoms with Crippen molar-refractivity contribution < 1.29 is 4.42 Å². The van der Waals surface area contributed by atoms with E-state index in [0.29, 0.717) is 0 Å². The van der Waals surface area contributed by atoms with Crippen molar-refractivity contribution in [2.45, 2.75) is 19.8 Å². The molecule has 1 aliphatic rings. The first kappa shape index (κ1) is 29.9. The SMILES string of the molecule is C=Cc1c(/C=C\C)c(C2=CC=C(c3cccc4c3oc3ccccc34)CC2)c2ccccc2c1-c1ccccc1-c1ccc2ccccc2c1. The molecular formula is C49H36O. The number of fused-ring (bicyclic) bond motifs is 5. The lowest BCUT2D eigenvalue weighted by atomic mass is 9.79. The molecule has 1 heteroatoms. The van der Waals surface area contributed by atoms with Crippen molar-refractivity contribution in [1.82, 2.24) is 0 Å². The zero-order valence-electron chi connectivity index (χ0n) is 28.1. The number of furan rings is 1. The maximum Gasteiger partial charge on any atom is 0.142 e. The van der Waals surface area contributed by atoms with Crippen LogP contribution in [0.5, 0.6) is 0 Å². The van der Waals surface area contributed by atoms with E-state index < -0.39 is 0 Å². The summed E-state index contributed by atoms with van der Waals surface area (Å²) in [5.74, 6) is 0. The van der Waals surface area contributed by atoms with Gasteiger partial charge in [-0.2, -0.15) is 0 Å². The van der Waals surface area contributed by atoms with Gasteiger partial charge in [0, 0.05) is 16.3 Å². The number of rotatable bonds is 6. The molecule has 7 aromatic carbocycles. The topological polar surface area (TPSA) is 13.1 Å². The molecule has 0 saturated carbocycles. The first-order valence-electron chi connectivity index (χ1n) is 17.5. The van der Waals surface area contributed by atoms with Gasteiger partial charge in [0.05, 0.1) is 0 Å². The van der Waals surface area contributed by atoms with E-state index >= 15 is 0 Å². The van der Waals surface area contributed by atoms with Crippen molar-refractivity contribution >= 4 is 66.8 Å². The second-order valence-electron chi connectivity index (χ2n) is 13.1. The van der Waals surface area contributed by atoms with Gasteiger partial charge in [-0.15, -0.1) is 0 Å². The second-order valence-corrected chi connectivity index (χ2v) is 13.1. The molecule has 0 unspecified atom stereocenters. The summed E-state index contributed by atoms with van der Waals surface area (Å²) in [6, 6.07) is 48.0. The summed E-state index contributed by atoms with van der Waals surface area (Å²) in [4.78, 5) is 0. The highest BCUT2D eigenvalue weighted by atomic mass is 16.3. The summed E-state index contributed by atoms with van der Waals surface area (Å²) >= 11 is 0. The molecule has 0 spiro atoms. The second kappa shape index (κ2) is 12.4. The van der Waals surface area contributed by atoms with Crippen LogP contribution in [0.1, 0.15) is 42.0 Å². The van der Waals surface area contributed by atoms with Gasteiger partial charge in [-0.05, 0) is 104 Å². The normalized spacial score (nSPS) is 13.4. The van der Waals surface area contributed by atoms with Gasteiger partial charge in [0.25, 0.3) is 0 Å². The summed E-state index contributed by atoms with van der Waals surface area (Å²) in [7, 11) is 0. The number of benzene rings is 7. The van der Waals surface area contributed by atoms with E-state index in [2.05, 4.69) is 171 Å². The van der Waals surface area contributed by atoms with E-state index in [1.54, 1.807) is 0 Å². The fourth-order valence-corrected chi connectivity index (χ4v) is 8.05. The predicted octanol–water partition coefficient (Wildman–Crippen LogP) is 14.2. The van der Waals surface area contributed by atoms with Crippen LogP contribution in [0.4, 0.5) is 0 Å². The first-order valence-corrected chi connectivity index (χ1v) is 17.5. The molecule has 0 saturated heterocycles. The molecule has 0 amide bonds. The minimum absolute atomic E-state index is 0.931. The molecular weight excluding hydrogens is 605 g/mol. The average Bonchev–Trinajstić information content (AvgIpc) is 3.56. The minimum atomic E-state index is 0.931. The molecule has 1 nitrogen and oxygen atoms in total. The lowest BCUT2D eigenvalue weighted by molar-refractivity contribution is 0.667. The smallest absolute Gasteiger partial charge is 0.142 e. The summed E-state index contributed by atoms with van der Waals surface area (Å²) in [6.07, 6.45) is 13.0. The zero-order valence-corrected chi connectivity index (χ0v) is 28.1. The van der Waals surface area contributed by atoms with Crippen molar-refractivity contribution in [3.63, 3.8) is 0 Å². The third-order valence-electron chi connectivity index (χ3n) is 10.3. The zero-order chi connectivity index (χ0) is 33.6. The molecule has 0 aliphatic heterocycles. The van der Waals surface area contributed by atoms with Gasteiger partial charge in [0.2, 0.25) is 0 Å². The van der Waals surface area contributed by atoms with E-state index in [1.165, 1.54) is 82.4 Å². The van der Waals surface area contributed by atoms with Crippen LogP contribution in [0.2, 0.25) is 0 Å². The molecule has 1 aliphatic carbocycles. The Labute approximate surface area is 292 Å². The molecule has 1 heterocycles. The molecule has 1 aromatic heterocycles. The number of hydrogen-bond donors (Lipinski definition) is 0. The van der Waals surface area contributed by atoms with E-state index in [1.807, 2.05) is 6.07 Å². The Kier molecular flexibility index (Phi) is 7.40. The van der Waals surface area contributed by atoms with Crippen molar-refractivity contribution in [2.75, 3.05) is 0 Å². The monoisotopic (exact) mass is 640 g/mol. The Hall–Kier alpha value is -6.18. The first-order chi connectivity index (χ1) is 24.7. The highest BCUT2D eigenvalue weighted by Gasteiger charge is 2.23. The maximum absolute atomic E-state index is 6.42. The third kappa shape index (κ3) is 4.85. The predicted molar refractivity (Wildman–Crippen MR) is 216 cm³/mol. The lowest BCUT2D eigenvalue weighted by Gasteiger charge is -2.24. The highest BCUT2D eigenvalue weighted by Crippen LogP contribution is 2.47. The van der Waals surface area contributed by atoms with E-state index in [9.17, 15) is 0 Å². The molecule has 0 radical (unpaired) electrons. The van der Waals surface area contributed by atoms with Crippen LogP contribution >= 0.6 is 0 Å². The van der Waals surface area contributed by atoms with E-state index in [-0.39, 0.29) is 0 Å². The largest absolute Gasteiger partial charge is 0.455 e. The Morgan fingerprint density at radius 1 is 0.540 bits per heavy atom. The molecule has 0 bridgehead atoms. The Balaban J connectivity index is 1.24. The molecule has 9 rings (SSSR count). The van der Waals surface area contributed by atoms with Crippen LogP contribution in [0.15, 0.2) is 163 Å². The van der Waals surface area contributed by atoms with Crippen LogP contribution in [-0.4, -0.2) is 0 Å². The van der Waals surface area contributed by atoms with Gasteiger partial charge in [-0.3, -0.25) is 0 Å². The fourth-order valence-electron chi connectivity index (χ4n) is 8.05. The number of allylic oxidation sites excluding steroid dienone is 5. The van der Waals surface area contributed by atoms with Crippen molar-refractivity contribution in [3.8, 4) is 22.3 Å². The molecule has 238 valence electrons. The molecule has 8 aromatic rings. The van der Waals surface area contributed by atoms with Crippen molar-refractivity contribution in [1.29, 1.82) is 0 Å². The van der Waals surface area contributed by atoms with E-state index in [0.717, 1.165) is 29.6 Å². The highest BCUT2D eigenvalue weighted by molar-refractivity contribution is 6.12. The Bertz CT molecular complexity index is 2730. The molecule has 0 N–H and O–H groups in total. The molecule has 0 fully saturated rings. The van der Waals surface area contributed by atoms with Gasteiger partial charge in [0.15, 0.2) is 0 Å². The Morgan fingerprint density at radius 3 is 1.96 bits per heavy atom. The number of para-hydroxylation sites is 2. The van der Waals surface area contributed by atoms with Crippen LogP contribution in [0.3, 0.4) is 0 Å². The van der Waals surface area contributed by atoms with Crippen LogP contribution in [0.25, 0.3) is 89.0 Å². The quantitative estimate of drug-likeness (QED) is 0.176. The molecule has 0 atom stereocenters. The van der Waals surface area contributed by atoms with Gasteiger partial charge in [-0.1, -0.05) is 158 Å². The standard InChI is InChI=1S/C49H36O/c1-3-14-41-37(4-2)48(42-19-8-7-17-38(42)36-30-25-32-15-5-6-16-35(32)31-36)44-21-10-9-20-43(44)47(41)34-28-26-33(27-29-34)39-22-13-23-45-40-18-11-12-24-46(40)50-49(39)45/h3-26,28,30-31H,2,27,29H2,1H3/b14-3-. The van der Waals surface area contributed by atoms with Crippen LogP contribution < -0.4 is 0 Å². The molecule has 50 heavy (non-hydrogen) atoms. The van der Waals surface area contributed by atoms with Gasteiger partial charge >= 0.3 is 0 Å². The van der Waals surface area contributed by atoms with Crippen molar-refractivity contribution in [3.05, 3.63) is 181 Å². The summed E-state index contributed by atoms with van der Waals surface area (Å²) < 4.78 is 6.42. The Morgan fingerprint density at radius 2 is 1.18 bits per heavy atom. The van der Waals surface area contributed by atoms with Gasteiger partial charge in [0.1, 0.15) is 11.2 Å². The summed E-state index contributed by atoms with van der Waals surface area (Å²) in [6.45, 7) is 6.53. The van der Waals surface area contributed by atoms with E-state index in [4.69, 9.17) is 4.42 Å². The van der Waals surface area contributed by atoms with Crippen molar-refractivity contribution in [2.24, 2.45) is 0 Å². The van der Waals surface area contributed by atoms with Crippen LogP contribution in [0, 0.1) is 0 Å². The maximum atomic E-state index is 6.42. The number of hydrogen-bond acceptors (Lipinski definition) is 1. The summed E-state index contributed by atoms with van der Waals surface area (Å²) in [5.41, 5.74) is 14.3. The third-order valence-corrected chi connectivity index (χ3v) is 10.3. The minimum Gasteiger partial charge on any atom is -0.455 e. The summed E-state index contributed by atoms with van der Waals surface area (Å²) in [5, 5.41) is 7.33. The average molecular weight is 641 g/mol. The van der Waals surface area contributed by atoms with Crippen LogP contribution in [-0.2, 0) is 0 Å². The van der Waals surface area contributed by atoms with Gasteiger partial charge in [-0.25, -0.2) is 0 Å².